The Labute approximate surface area is 122 Å². The molecule has 6 heteroatoms. The standard InChI is InChI=1S/C15H17NO5/c17-13(18)15-6-11(7-15)12(9-21-15)16-14(19)20-8-10-4-2-1-3-5-10/h1-5,11-12H,6-9H2,(H,16,19)(H,17,18). The third-order valence-corrected chi connectivity index (χ3v) is 4.20. The van der Waals surface area contributed by atoms with E-state index in [1.807, 2.05) is 30.3 Å². The molecule has 0 radical (unpaired) electrons. The van der Waals surface area contributed by atoms with Crippen molar-refractivity contribution in [3.05, 3.63) is 35.9 Å². The molecule has 0 spiro atoms. The van der Waals surface area contributed by atoms with Gasteiger partial charge >= 0.3 is 12.1 Å². The average molecular weight is 291 g/mol. The van der Waals surface area contributed by atoms with E-state index in [1.165, 1.54) is 0 Å². The highest BCUT2D eigenvalue weighted by Crippen LogP contribution is 2.47. The van der Waals surface area contributed by atoms with Gasteiger partial charge in [-0.25, -0.2) is 9.59 Å². The summed E-state index contributed by atoms with van der Waals surface area (Å²) in [5.41, 5.74) is -0.0994. The fourth-order valence-electron chi connectivity index (χ4n) is 2.89. The second-order valence-electron chi connectivity index (χ2n) is 5.59. The second-order valence-corrected chi connectivity index (χ2v) is 5.59. The van der Waals surface area contributed by atoms with Gasteiger partial charge in [0, 0.05) is 0 Å². The molecule has 1 aliphatic carbocycles. The van der Waals surface area contributed by atoms with Gasteiger partial charge < -0.3 is 19.9 Å². The summed E-state index contributed by atoms with van der Waals surface area (Å²) in [6, 6.07) is 9.24. The predicted molar refractivity (Wildman–Crippen MR) is 72.6 cm³/mol. The molecular formula is C15H17NO5. The van der Waals surface area contributed by atoms with Crippen molar-refractivity contribution in [2.24, 2.45) is 5.92 Å². The molecule has 1 amide bonds. The molecule has 3 fully saturated rings. The zero-order chi connectivity index (χ0) is 14.9. The fraction of sp³-hybridized carbons (Fsp3) is 0.467. The quantitative estimate of drug-likeness (QED) is 0.879. The first kappa shape index (κ1) is 13.9. The minimum absolute atomic E-state index is 0.152. The average Bonchev–Trinajstić information content (AvgIpc) is 2.45. The Morgan fingerprint density at radius 3 is 2.62 bits per heavy atom. The first-order valence-corrected chi connectivity index (χ1v) is 6.94. The molecule has 3 aliphatic rings. The third-order valence-electron chi connectivity index (χ3n) is 4.20. The third kappa shape index (κ3) is 2.71. The van der Waals surface area contributed by atoms with Crippen molar-refractivity contribution in [2.75, 3.05) is 6.61 Å². The number of nitrogens with one attached hydrogen (secondary N) is 1. The van der Waals surface area contributed by atoms with Crippen molar-refractivity contribution < 1.29 is 24.2 Å². The van der Waals surface area contributed by atoms with Gasteiger partial charge in [0.25, 0.3) is 0 Å². The number of carboxylic acid groups (broad SMARTS) is 1. The van der Waals surface area contributed by atoms with Gasteiger partial charge in [-0.3, -0.25) is 0 Å². The molecule has 1 atom stereocenters. The molecule has 6 nitrogen and oxygen atoms in total. The lowest BCUT2D eigenvalue weighted by Crippen LogP contribution is -2.65. The van der Waals surface area contributed by atoms with Gasteiger partial charge in [0.1, 0.15) is 6.61 Å². The van der Waals surface area contributed by atoms with Gasteiger partial charge in [0.15, 0.2) is 5.60 Å². The number of carbonyl (C=O) groups is 2. The van der Waals surface area contributed by atoms with Crippen LogP contribution in [-0.4, -0.2) is 35.4 Å². The van der Waals surface area contributed by atoms with Crippen LogP contribution >= 0.6 is 0 Å². The van der Waals surface area contributed by atoms with Crippen LogP contribution in [-0.2, 0) is 20.9 Å². The SMILES string of the molecule is O=C(NC1COC2(C(=O)O)CC1C2)OCc1ccccc1. The Bertz CT molecular complexity index is 533. The summed E-state index contributed by atoms with van der Waals surface area (Å²) < 4.78 is 10.5. The number of fused-ring (bicyclic) bond motifs is 2. The number of alkyl carbamates (subject to hydrolysis) is 1. The number of hydrogen-bond acceptors (Lipinski definition) is 4. The van der Waals surface area contributed by atoms with Crippen molar-refractivity contribution in [2.45, 2.75) is 31.1 Å². The molecule has 1 saturated carbocycles. The van der Waals surface area contributed by atoms with E-state index in [0.717, 1.165) is 5.56 Å². The summed E-state index contributed by atoms with van der Waals surface area (Å²) in [6.45, 7) is 0.432. The maximum atomic E-state index is 11.8. The molecule has 1 aromatic rings. The van der Waals surface area contributed by atoms with Gasteiger partial charge in [0.05, 0.1) is 12.6 Å². The minimum atomic E-state index is -1.02. The number of amides is 1. The topological polar surface area (TPSA) is 84.9 Å². The van der Waals surface area contributed by atoms with E-state index in [4.69, 9.17) is 14.6 Å². The summed E-state index contributed by atoms with van der Waals surface area (Å²) in [6.07, 6.45) is 0.403. The van der Waals surface area contributed by atoms with Gasteiger partial charge in [-0.1, -0.05) is 30.3 Å². The maximum absolute atomic E-state index is 11.8. The normalized spacial score (nSPS) is 30.1. The van der Waals surface area contributed by atoms with Crippen molar-refractivity contribution in [3.8, 4) is 0 Å². The molecule has 21 heavy (non-hydrogen) atoms. The summed E-state index contributed by atoms with van der Waals surface area (Å²) >= 11 is 0. The fourth-order valence-corrected chi connectivity index (χ4v) is 2.89. The molecule has 1 unspecified atom stereocenters. The summed E-state index contributed by atoms with van der Waals surface area (Å²) in [4.78, 5) is 22.8. The van der Waals surface area contributed by atoms with Crippen LogP contribution in [0.1, 0.15) is 18.4 Å². The molecule has 2 bridgehead atoms. The lowest BCUT2D eigenvalue weighted by molar-refractivity contribution is -0.213. The molecule has 2 N–H and O–H groups in total. The van der Waals surface area contributed by atoms with Crippen LogP contribution in [0.15, 0.2) is 30.3 Å². The first-order valence-electron chi connectivity index (χ1n) is 6.94. The van der Waals surface area contributed by atoms with Crippen LogP contribution in [0.25, 0.3) is 0 Å². The molecule has 4 rings (SSSR count). The van der Waals surface area contributed by atoms with Gasteiger partial charge in [-0.05, 0) is 24.3 Å². The molecule has 1 aromatic carbocycles. The number of benzene rings is 1. The van der Waals surface area contributed by atoms with Crippen molar-refractivity contribution in [1.82, 2.24) is 5.32 Å². The van der Waals surface area contributed by atoms with Crippen LogP contribution in [0.3, 0.4) is 0 Å². The monoisotopic (exact) mass is 291 g/mol. The number of rotatable bonds is 4. The van der Waals surface area contributed by atoms with Crippen molar-refractivity contribution in [1.29, 1.82) is 0 Å². The van der Waals surface area contributed by atoms with Crippen LogP contribution < -0.4 is 5.32 Å². The van der Waals surface area contributed by atoms with Crippen LogP contribution in [0.5, 0.6) is 0 Å². The number of aliphatic carboxylic acids is 1. The van der Waals surface area contributed by atoms with E-state index in [0.29, 0.717) is 12.8 Å². The molecule has 2 saturated heterocycles. The van der Waals surface area contributed by atoms with E-state index in [1.54, 1.807) is 0 Å². The highest BCUT2D eigenvalue weighted by atomic mass is 16.6. The van der Waals surface area contributed by atoms with E-state index >= 15 is 0 Å². The molecule has 2 heterocycles. The summed E-state index contributed by atoms with van der Waals surface area (Å²) in [7, 11) is 0. The highest BCUT2D eigenvalue weighted by Gasteiger charge is 2.58. The number of carboxylic acids is 1. The summed E-state index contributed by atoms with van der Waals surface area (Å²) in [5.74, 6) is -0.761. The molecular weight excluding hydrogens is 274 g/mol. The smallest absolute Gasteiger partial charge is 0.407 e. The van der Waals surface area contributed by atoms with Crippen molar-refractivity contribution >= 4 is 12.1 Å². The van der Waals surface area contributed by atoms with E-state index < -0.39 is 17.7 Å². The molecule has 2 aliphatic heterocycles. The van der Waals surface area contributed by atoms with E-state index in [9.17, 15) is 9.59 Å². The Morgan fingerprint density at radius 2 is 2.05 bits per heavy atom. The predicted octanol–water partition coefficient (Wildman–Crippen LogP) is 1.54. The van der Waals surface area contributed by atoms with Crippen LogP contribution in [0.2, 0.25) is 0 Å². The van der Waals surface area contributed by atoms with Gasteiger partial charge in [-0.2, -0.15) is 0 Å². The van der Waals surface area contributed by atoms with Crippen LogP contribution in [0, 0.1) is 5.92 Å². The molecule has 0 aromatic heterocycles. The Balaban J connectivity index is 1.46. The Hall–Kier alpha value is -2.08. The molecule has 112 valence electrons. The van der Waals surface area contributed by atoms with Gasteiger partial charge in [0.2, 0.25) is 0 Å². The minimum Gasteiger partial charge on any atom is -0.479 e. The van der Waals surface area contributed by atoms with E-state index in [-0.39, 0.29) is 25.2 Å². The number of hydrogen-bond donors (Lipinski definition) is 2. The largest absolute Gasteiger partial charge is 0.479 e. The zero-order valence-electron chi connectivity index (χ0n) is 11.5. The number of ether oxygens (including phenoxy) is 2. The lowest BCUT2D eigenvalue weighted by Gasteiger charge is -2.52. The van der Waals surface area contributed by atoms with E-state index in [2.05, 4.69) is 5.32 Å². The second kappa shape index (κ2) is 5.37. The van der Waals surface area contributed by atoms with Crippen molar-refractivity contribution in [3.63, 3.8) is 0 Å². The summed E-state index contributed by atoms with van der Waals surface area (Å²) in [5, 5.41) is 11.8. The lowest BCUT2D eigenvalue weighted by atomic mass is 9.65. The Kier molecular flexibility index (Phi) is 3.55. The van der Waals surface area contributed by atoms with Crippen LogP contribution in [0.4, 0.5) is 4.79 Å². The maximum Gasteiger partial charge on any atom is 0.407 e. The highest BCUT2D eigenvalue weighted by molar-refractivity contribution is 5.79. The van der Waals surface area contributed by atoms with Gasteiger partial charge in [-0.15, -0.1) is 0 Å². The zero-order valence-corrected chi connectivity index (χ0v) is 11.5. The number of carbonyl (C=O) groups excluding carboxylic acids is 1. The Morgan fingerprint density at radius 1 is 1.33 bits per heavy atom. The first-order chi connectivity index (χ1) is 10.1.